The van der Waals surface area contributed by atoms with Crippen molar-refractivity contribution in [3.8, 4) is 23.0 Å². The molecule has 0 radical (unpaired) electrons. The van der Waals surface area contributed by atoms with Crippen LogP contribution in [0.5, 0.6) is 23.0 Å². The van der Waals surface area contributed by atoms with Gasteiger partial charge >= 0.3 is 0 Å². The topological polar surface area (TPSA) is 95.0 Å². The van der Waals surface area contributed by atoms with Crippen molar-refractivity contribution in [2.75, 3.05) is 65.7 Å². The summed E-state index contributed by atoms with van der Waals surface area (Å²) in [5.41, 5.74) is 3.61. The van der Waals surface area contributed by atoms with Gasteiger partial charge in [-0.2, -0.15) is 0 Å². The third-order valence-corrected chi connectivity index (χ3v) is 10.8. The Balaban J connectivity index is 0.870. The second kappa shape index (κ2) is 21.8. The number of rotatable bonds is 24. The van der Waals surface area contributed by atoms with Crippen LogP contribution in [0.3, 0.4) is 0 Å². The standard InChI is InChI=1S/C51H54N6O4/c1-14-40-18-5-26-52-48(40)44(22-1)58-36-10-32-56(33-11-37-59-45-23-2-15-41-19-6-27-53-49(41)45)30-9-31-57(34-12-38-60-46-24-3-16-42-20-7-28-54-50(42)46)35-13-39-61-47-25-4-17-43-21-8-29-55-51(43)47/h1-8,14-29H,9-13,30-39H2. The number of hydrogen-bond donors (Lipinski definition) is 0. The van der Waals surface area contributed by atoms with Crippen LogP contribution < -0.4 is 18.9 Å². The molecule has 0 saturated heterocycles. The summed E-state index contributed by atoms with van der Waals surface area (Å²) in [5.74, 6) is 3.33. The van der Waals surface area contributed by atoms with Crippen molar-refractivity contribution in [3.05, 3.63) is 146 Å². The first-order chi connectivity index (χ1) is 30.3. The van der Waals surface area contributed by atoms with Gasteiger partial charge in [0.15, 0.2) is 0 Å². The Labute approximate surface area is 358 Å². The van der Waals surface area contributed by atoms with Crippen LogP contribution in [0, 0.1) is 0 Å². The maximum atomic E-state index is 6.30. The number of ether oxygens (including phenoxy) is 4. The van der Waals surface area contributed by atoms with Gasteiger partial charge in [0.2, 0.25) is 0 Å². The predicted molar refractivity (Wildman–Crippen MR) is 245 cm³/mol. The van der Waals surface area contributed by atoms with Gasteiger partial charge in [-0.3, -0.25) is 19.9 Å². The normalized spacial score (nSPS) is 11.6. The Hall–Kier alpha value is -6.36. The smallest absolute Gasteiger partial charge is 0.145 e. The highest BCUT2D eigenvalue weighted by Crippen LogP contribution is 2.26. The molecule has 4 aromatic carbocycles. The van der Waals surface area contributed by atoms with Crippen LogP contribution in [0.25, 0.3) is 43.6 Å². The van der Waals surface area contributed by atoms with E-state index in [2.05, 4.69) is 78.3 Å². The quantitative estimate of drug-likeness (QED) is 0.0549. The van der Waals surface area contributed by atoms with Gasteiger partial charge in [-0.05, 0) is 93.7 Å². The molecule has 0 bridgehead atoms. The van der Waals surface area contributed by atoms with E-state index in [0.717, 1.165) is 138 Å². The molecule has 0 aliphatic carbocycles. The van der Waals surface area contributed by atoms with Crippen LogP contribution in [0.1, 0.15) is 32.1 Å². The van der Waals surface area contributed by atoms with E-state index in [9.17, 15) is 0 Å². The van der Waals surface area contributed by atoms with Crippen molar-refractivity contribution in [2.45, 2.75) is 32.1 Å². The predicted octanol–water partition coefficient (Wildman–Crippen LogP) is 10.0. The van der Waals surface area contributed by atoms with Gasteiger partial charge < -0.3 is 28.7 Å². The van der Waals surface area contributed by atoms with Crippen LogP contribution >= 0.6 is 0 Å². The average molecular weight is 815 g/mol. The Morgan fingerprint density at radius 2 is 0.541 bits per heavy atom. The molecule has 0 amide bonds. The molecule has 10 heteroatoms. The van der Waals surface area contributed by atoms with Crippen LogP contribution in [0.15, 0.2) is 146 Å². The van der Waals surface area contributed by atoms with Gasteiger partial charge in [-0.15, -0.1) is 0 Å². The molecule has 61 heavy (non-hydrogen) atoms. The van der Waals surface area contributed by atoms with Crippen LogP contribution in [0.4, 0.5) is 0 Å². The summed E-state index contributed by atoms with van der Waals surface area (Å²) in [6.45, 7) is 8.12. The maximum Gasteiger partial charge on any atom is 0.145 e. The minimum absolute atomic E-state index is 0.620. The average Bonchev–Trinajstić information content (AvgIpc) is 3.31. The molecule has 0 aliphatic heterocycles. The molecule has 0 spiro atoms. The van der Waals surface area contributed by atoms with Crippen molar-refractivity contribution in [3.63, 3.8) is 0 Å². The molecule has 312 valence electrons. The van der Waals surface area contributed by atoms with E-state index in [4.69, 9.17) is 18.9 Å². The van der Waals surface area contributed by atoms with Crippen molar-refractivity contribution in [2.24, 2.45) is 0 Å². The summed E-state index contributed by atoms with van der Waals surface area (Å²) < 4.78 is 25.2. The Morgan fingerprint density at radius 3 is 0.820 bits per heavy atom. The highest BCUT2D eigenvalue weighted by molar-refractivity contribution is 5.86. The largest absolute Gasteiger partial charge is 0.491 e. The SMILES string of the molecule is c1cnc2c(OCCCN(CCCOc3cccc4cccnc34)CCCN(CCCOc3cccc4cccnc34)CCCOc3cccc4cccnc34)cccc2c1. The summed E-state index contributed by atoms with van der Waals surface area (Å²) >= 11 is 0. The molecule has 10 nitrogen and oxygen atoms in total. The third-order valence-electron chi connectivity index (χ3n) is 10.8. The molecular weight excluding hydrogens is 761 g/mol. The molecule has 0 N–H and O–H groups in total. The molecular formula is C51H54N6O4. The monoisotopic (exact) mass is 814 g/mol. The summed E-state index contributed by atoms with van der Waals surface area (Å²) in [4.78, 5) is 23.4. The zero-order valence-corrected chi connectivity index (χ0v) is 34.8. The van der Waals surface area contributed by atoms with E-state index < -0.39 is 0 Å². The Bertz CT molecular complexity index is 2230. The van der Waals surface area contributed by atoms with Gasteiger partial charge in [-0.1, -0.05) is 72.8 Å². The van der Waals surface area contributed by atoms with E-state index in [1.54, 1.807) is 0 Å². The van der Waals surface area contributed by atoms with Crippen LogP contribution in [-0.4, -0.2) is 95.4 Å². The molecule has 8 rings (SSSR count). The minimum Gasteiger partial charge on any atom is -0.491 e. The summed E-state index contributed by atoms with van der Waals surface area (Å²) in [6, 6.07) is 40.6. The van der Waals surface area contributed by atoms with Crippen molar-refractivity contribution >= 4 is 43.6 Å². The number of fused-ring (bicyclic) bond motifs is 4. The van der Waals surface area contributed by atoms with Gasteiger partial charge in [0, 0.05) is 72.5 Å². The zero-order chi connectivity index (χ0) is 41.3. The zero-order valence-electron chi connectivity index (χ0n) is 34.8. The maximum absolute atomic E-state index is 6.30. The molecule has 0 unspecified atom stereocenters. The lowest BCUT2D eigenvalue weighted by Crippen LogP contribution is -2.34. The first-order valence-electron chi connectivity index (χ1n) is 21.6. The number of para-hydroxylation sites is 4. The minimum atomic E-state index is 0.620. The first-order valence-corrected chi connectivity index (χ1v) is 21.6. The lowest BCUT2D eigenvalue weighted by atomic mass is 10.2. The fourth-order valence-corrected chi connectivity index (χ4v) is 7.84. The van der Waals surface area contributed by atoms with Crippen molar-refractivity contribution in [1.82, 2.24) is 29.7 Å². The molecule has 8 aromatic rings. The van der Waals surface area contributed by atoms with Gasteiger partial charge in [-0.25, -0.2) is 0 Å². The fourth-order valence-electron chi connectivity index (χ4n) is 7.84. The van der Waals surface area contributed by atoms with E-state index in [0.29, 0.717) is 26.4 Å². The van der Waals surface area contributed by atoms with Gasteiger partial charge in [0.1, 0.15) is 45.1 Å². The number of nitrogens with zero attached hydrogens (tertiary/aromatic N) is 6. The molecule has 4 heterocycles. The Morgan fingerprint density at radius 1 is 0.295 bits per heavy atom. The number of benzene rings is 4. The van der Waals surface area contributed by atoms with Crippen LogP contribution in [-0.2, 0) is 0 Å². The molecule has 4 aromatic heterocycles. The second-order valence-corrected chi connectivity index (χ2v) is 15.2. The summed E-state index contributed by atoms with van der Waals surface area (Å²) in [6.07, 6.45) is 11.9. The van der Waals surface area contributed by atoms with Gasteiger partial charge in [0.25, 0.3) is 0 Å². The summed E-state index contributed by atoms with van der Waals surface area (Å²) in [7, 11) is 0. The lowest BCUT2D eigenvalue weighted by molar-refractivity contribution is 0.185. The highest BCUT2D eigenvalue weighted by Gasteiger charge is 2.12. The molecule has 0 aliphatic rings. The third kappa shape index (κ3) is 11.5. The van der Waals surface area contributed by atoms with E-state index >= 15 is 0 Å². The summed E-state index contributed by atoms with van der Waals surface area (Å²) in [5, 5.41) is 4.34. The molecule has 0 fully saturated rings. The number of pyridine rings is 4. The van der Waals surface area contributed by atoms with Crippen molar-refractivity contribution < 1.29 is 18.9 Å². The van der Waals surface area contributed by atoms with Gasteiger partial charge in [0.05, 0.1) is 26.4 Å². The van der Waals surface area contributed by atoms with Crippen molar-refractivity contribution in [1.29, 1.82) is 0 Å². The Kier molecular flexibility index (Phi) is 14.8. The number of hydrogen-bond acceptors (Lipinski definition) is 10. The van der Waals surface area contributed by atoms with E-state index in [-0.39, 0.29) is 0 Å². The van der Waals surface area contributed by atoms with Crippen LogP contribution in [0.2, 0.25) is 0 Å². The fraction of sp³-hybridized carbons (Fsp3) is 0.294. The number of aromatic nitrogens is 4. The first kappa shape index (κ1) is 41.4. The highest BCUT2D eigenvalue weighted by atomic mass is 16.5. The molecule has 0 saturated carbocycles. The van der Waals surface area contributed by atoms with E-state index in [1.807, 2.05) is 97.6 Å². The van der Waals surface area contributed by atoms with E-state index in [1.165, 1.54) is 0 Å². The second-order valence-electron chi connectivity index (χ2n) is 15.2. The lowest BCUT2D eigenvalue weighted by Gasteiger charge is -2.26. The molecule has 0 atom stereocenters.